The average Bonchev–Trinajstić information content (AvgIpc) is 2.69. The molecule has 1 aromatic carbocycles. The highest BCUT2D eigenvalue weighted by atomic mass is 16.2. The lowest BCUT2D eigenvalue weighted by Gasteiger charge is -2.28. The Kier molecular flexibility index (Phi) is 5.79. The van der Waals surface area contributed by atoms with Crippen LogP contribution < -0.4 is 0 Å². The molecule has 140 valence electrons. The molecule has 2 heterocycles. The van der Waals surface area contributed by atoms with Crippen LogP contribution in [0.1, 0.15) is 49.5 Å². The second kappa shape index (κ2) is 8.25. The molecule has 0 bridgehead atoms. The molecule has 27 heavy (non-hydrogen) atoms. The van der Waals surface area contributed by atoms with E-state index in [-0.39, 0.29) is 11.9 Å². The van der Waals surface area contributed by atoms with Crippen molar-refractivity contribution in [3.05, 3.63) is 54.1 Å². The molecule has 0 aliphatic carbocycles. The third kappa shape index (κ3) is 3.82. The number of aromatic nitrogens is 3. The molecule has 0 fully saturated rings. The van der Waals surface area contributed by atoms with E-state index in [1.807, 2.05) is 43.0 Å². The SMILES string of the molecule is CCC[C@@H](C)N(CC)C(=O)c1cc(-c2cncnc2)nc2c(C)cccc12. The molecule has 0 aliphatic rings. The summed E-state index contributed by atoms with van der Waals surface area (Å²) in [6.45, 7) is 9.00. The lowest BCUT2D eigenvalue weighted by atomic mass is 10.0. The Morgan fingerprint density at radius 2 is 1.93 bits per heavy atom. The maximum Gasteiger partial charge on any atom is 0.254 e. The van der Waals surface area contributed by atoms with E-state index in [0.717, 1.165) is 40.6 Å². The minimum Gasteiger partial charge on any atom is -0.336 e. The third-order valence-electron chi connectivity index (χ3n) is 4.97. The Morgan fingerprint density at radius 3 is 2.59 bits per heavy atom. The molecular weight excluding hydrogens is 336 g/mol. The quantitative estimate of drug-likeness (QED) is 0.640. The van der Waals surface area contributed by atoms with Gasteiger partial charge in [-0.05, 0) is 38.8 Å². The fourth-order valence-corrected chi connectivity index (χ4v) is 3.53. The number of pyridine rings is 1. The molecule has 2 aromatic heterocycles. The molecule has 0 N–H and O–H groups in total. The molecule has 5 heteroatoms. The maximum atomic E-state index is 13.5. The fraction of sp³-hybridized carbons (Fsp3) is 0.364. The van der Waals surface area contributed by atoms with Gasteiger partial charge in [0.15, 0.2) is 0 Å². The van der Waals surface area contributed by atoms with Crippen molar-refractivity contribution in [1.29, 1.82) is 0 Å². The normalized spacial score (nSPS) is 12.1. The topological polar surface area (TPSA) is 59.0 Å². The van der Waals surface area contributed by atoms with Crippen molar-refractivity contribution >= 4 is 16.8 Å². The van der Waals surface area contributed by atoms with Crippen LogP contribution in [0.3, 0.4) is 0 Å². The molecular formula is C22H26N4O. The number of amides is 1. The first-order chi connectivity index (χ1) is 13.1. The first-order valence-electron chi connectivity index (χ1n) is 9.53. The van der Waals surface area contributed by atoms with Crippen LogP contribution in [0.4, 0.5) is 0 Å². The monoisotopic (exact) mass is 362 g/mol. The summed E-state index contributed by atoms with van der Waals surface area (Å²) >= 11 is 0. The molecule has 3 rings (SSSR count). The number of aryl methyl sites for hydroxylation is 1. The predicted molar refractivity (Wildman–Crippen MR) is 109 cm³/mol. The number of fused-ring (bicyclic) bond motifs is 1. The van der Waals surface area contributed by atoms with Crippen molar-refractivity contribution in [2.45, 2.75) is 46.6 Å². The molecule has 5 nitrogen and oxygen atoms in total. The van der Waals surface area contributed by atoms with E-state index in [1.165, 1.54) is 6.33 Å². The molecule has 0 aliphatic heterocycles. The summed E-state index contributed by atoms with van der Waals surface area (Å²) < 4.78 is 0. The molecule has 0 unspecified atom stereocenters. The van der Waals surface area contributed by atoms with Crippen LogP contribution in [0.2, 0.25) is 0 Å². The largest absolute Gasteiger partial charge is 0.336 e. The van der Waals surface area contributed by atoms with Gasteiger partial charge in [0.05, 0.1) is 16.8 Å². The lowest BCUT2D eigenvalue weighted by molar-refractivity contribution is 0.0697. The molecule has 0 saturated carbocycles. The number of rotatable bonds is 6. The van der Waals surface area contributed by atoms with Gasteiger partial charge in [0.25, 0.3) is 5.91 Å². The smallest absolute Gasteiger partial charge is 0.254 e. The average molecular weight is 362 g/mol. The number of carbonyl (C=O) groups is 1. The van der Waals surface area contributed by atoms with Crippen molar-refractivity contribution < 1.29 is 4.79 Å². The Balaban J connectivity index is 2.18. The van der Waals surface area contributed by atoms with E-state index in [4.69, 9.17) is 4.98 Å². The van der Waals surface area contributed by atoms with Crippen molar-refractivity contribution in [3.63, 3.8) is 0 Å². The highest BCUT2D eigenvalue weighted by molar-refractivity contribution is 6.07. The Morgan fingerprint density at radius 1 is 1.19 bits per heavy atom. The van der Waals surface area contributed by atoms with Crippen LogP contribution in [-0.2, 0) is 0 Å². The van der Waals surface area contributed by atoms with Gasteiger partial charge in [0.2, 0.25) is 0 Å². The van der Waals surface area contributed by atoms with Crippen molar-refractivity contribution in [1.82, 2.24) is 19.9 Å². The van der Waals surface area contributed by atoms with Gasteiger partial charge in [-0.3, -0.25) is 4.79 Å². The highest BCUT2D eigenvalue weighted by Crippen LogP contribution is 2.27. The van der Waals surface area contributed by atoms with Gasteiger partial charge < -0.3 is 4.90 Å². The third-order valence-corrected chi connectivity index (χ3v) is 4.97. The minimum absolute atomic E-state index is 0.0505. The van der Waals surface area contributed by atoms with E-state index >= 15 is 0 Å². The highest BCUT2D eigenvalue weighted by Gasteiger charge is 2.23. The van der Waals surface area contributed by atoms with E-state index in [2.05, 4.69) is 23.8 Å². The van der Waals surface area contributed by atoms with Gasteiger partial charge in [-0.25, -0.2) is 15.0 Å². The van der Waals surface area contributed by atoms with Gasteiger partial charge in [0.1, 0.15) is 6.33 Å². The standard InChI is InChI=1S/C22H26N4O/c1-5-8-16(4)26(6-2)22(27)19-11-20(17-12-23-14-24-13-17)25-21-15(3)9-7-10-18(19)21/h7,9-14,16H,5-6,8H2,1-4H3/t16-/m1/s1. The van der Waals surface area contributed by atoms with Crippen LogP contribution in [0.15, 0.2) is 43.0 Å². The summed E-state index contributed by atoms with van der Waals surface area (Å²) in [7, 11) is 0. The number of hydrogen-bond acceptors (Lipinski definition) is 4. The van der Waals surface area contributed by atoms with Gasteiger partial charge in [-0.1, -0.05) is 31.5 Å². The van der Waals surface area contributed by atoms with E-state index < -0.39 is 0 Å². The summed E-state index contributed by atoms with van der Waals surface area (Å²) in [6.07, 6.45) is 6.98. The van der Waals surface area contributed by atoms with E-state index in [0.29, 0.717) is 12.1 Å². The zero-order valence-corrected chi connectivity index (χ0v) is 16.4. The van der Waals surface area contributed by atoms with Gasteiger partial charge in [0, 0.05) is 35.9 Å². The molecule has 0 spiro atoms. The molecule has 1 atom stereocenters. The van der Waals surface area contributed by atoms with Crippen LogP contribution in [-0.4, -0.2) is 38.3 Å². The van der Waals surface area contributed by atoms with E-state index in [9.17, 15) is 4.79 Å². The van der Waals surface area contributed by atoms with Gasteiger partial charge in [-0.15, -0.1) is 0 Å². The van der Waals surface area contributed by atoms with Crippen molar-refractivity contribution in [2.24, 2.45) is 0 Å². The Labute approximate surface area is 160 Å². The van der Waals surface area contributed by atoms with E-state index in [1.54, 1.807) is 12.4 Å². The molecule has 1 amide bonds. The first-order valence-corrected chi connectivity index (χ1v) is 9.53. The number of benzene rings is 1. The lowest BCUT2D eigenvalue weighted by Crippen LogP contribution is -2.38. The van der Waals surface area contributed by atoms with Crippen molar-refractivity contribution in [2.75, 3.05) is 6.54 Å². The van der Waals surface area contributed by atoms with Crippen LogP contribution in [0, 0.1) is 6.92 Å². The zero-order chi connectivity index (χ0) is 19.4. The van der Waals surface area contributed by atoms with Crippen LogP contribution in [0.25, 0.3) is 22.2 Å². The predicted octanol–water partition coefficient (Wildman–Crippen LogP) is 4.65. The molecule has 3 aromatic rings. The number of nitrogens with zero attached hydrogens (tertiary/aromatic N) is 4. The summed E-state index contributed by atoms with van der Waals surface area (Å²) in [4.78, 5) is 28.4. The van der Waals surface area contributed by atoms with Crippen molar-refractivity contribution in [3.8, 4) is 11.3 Å². The first kappa shape index (κ1) is 19.0. The maximum absolute atomic E-state index is 13.5. The van der Waals surface area contributed by atoms with Gasteiger partial charge >= 0.3 is 0 Å². The molecule has 0 radical (unpaired) electrons. The Bertz CT molecular complexity index is 940. The fourth-order valence-electron chi connectivity index (χ4n) is 3.53. The summed E-state index contributed by atoms with van der Waals surface area (Å²) in [5.41, 5.74) is 4.11. The summed E-state index contributed by atoms with van der Waals surface area (Å²) in [6, 6.07) is 8.05. The number of hydrogen-bond donors (Lipinski definition) is 0. The van der Waals surface area contributed by atoms with Crippen LogP contribution in [0.5, 0.6) is 0 Å². The second-order valence-corrected chi connectivity index (χ2v) is 6.88. The second-order valence-electron chi connectivity index (χ2n) is 6.88. The van der Waals surface area contributed by atoms with Crippen LogP contribution >= 0.6 is 0 Å². The number of para-hydroxylation sites is 1. The number of carbonyl (C=O) groups excluding carboxylic acids is 1. The summed E-state index contributed by atoms with van der Waals surface area (Å²) in [5, 5.41) is 0.891. The van der Waals surface area contributed by atoms with Gasteiger partial charge in [-0.2, -0.15) is 0 Å². The zero-order valence-electron chi connectivity index (χ0n) is 16.4. The molecule has 0 saturated heterocycles. The minimum atomic E-state index is 0.0505. The Hall–Kier alpha value is -2.82. The summed E-state index contributed by atoms with van der Waals surface area (Å²) in [5.74, 6) is 0.0505.